The lowest BCUT2D eigenvalue weighted by atomic mass is 10.2. The Kier molecular flexibility index (Phi) is 3.20. The van der Waals surface area contributed by atoms with E-state index in [0.29, 0.717) is 0 Å². The molecule has 0 saturated carbocycles. The van der Waals surface area contributed by atoms with Gasteiger partial charge < -0.3 is 4.90 Å². The maximum atomic E-state index is 4.52. The monoisotopic (exact) mass is 211 g/mol. The third-order valence-corrected chi connectivity index (χ3v) is 2.38. The number of benzene rings is 1. The molecule has 1 aromatic rings. The first-order valence-corrected chi connectivity index (χ1v) is 5.30. The molecule has 0 aromatic heterocycles. The second kappa shape index (κ2) is 4.79. The number of allylic oxidation sites excluding steroid dienone is 4. The lowest BCUT2D eigenvalue weighted by Crippen LogP contribution is -2.07. The molecule has 0 fully saturated rings. The Labute approximate surface area is 96.6 Å². The number of hydrogen-bond acceptors (Lipinski definition) is 2. The van der Waals surface area contributed by atoms with E-state index in [1.807, 2.05) is 57.0 Å². The SMILES string of the molecule is CN(C)c1ccc(N=C2C=C[CH]C=C2)cc1. The summed E-state index contributed by atoms with van der Waals surface area (Å²) in [6.07, 6.45) is 9.98. The van der Waals surface area contributed by atoms with E-state index in [0.717, 1.165) is 11.4 Å². The van der Waals surface area contributed by atoms with Crippen molar-refractivity contribution in [3.63, 3.8) is 0 Å². The molecule has 1 aliphatic carbocycles. The summed E-state index contributed by atoms with van der Waals surface area (Å²) in [6, 6.07) is 8.20. The molecule has 2 rings (SSSR count). The molecular formula is C14H15N2. The van der Waals surface area contributed by atoms with Crippen LogP contribution in [0.3, 0.4) is 0 Å². The average Bonchev–Trinajstić information content (AvgIpc) is 2.31. The maximum Gasteiger partial charge on any atom is 0.0638 e. The van der Waals surface area contributed by atoms with Crippen LogP contribution in [0.2, 0.25) is 0 Å². The third kappa shape index (κ3) is 2.60. The smallest absolute Gasteiger partial charge is 0.0638 e. The molecule has 1 radical (unpaired) electrons. The lowest BCUT2D eigenvalue weighted by Gasteiger charge is -2.11. The first-order valence-electron chi connectivity index (χ1n) is 5.30. The van der Waals surface area contributed by atoms with E-state index in [9.17, 15) is 0 Å². The zero-order valence-electron chi connectivity index (χ0n) is 9.59. The lowest BCUT2D eigenvalue weighted by molar-refractivity contribution is 1.13. The summed E-state index contributed by atoms with van der Waals surface area (Å²) in [5.74, 6) is 0. The molecule has 16 heavy (non-hydrogen) atoms. The summed E-state index contributed by atoms with van der Waals surface area (Å²) in [5.41, 5.74) is 3.16. The zero-order chi connectivity index (χ0) is 11.4. The van der Waals surface area contributed by atoms with E-state index in [-0.39, 0.29) is 0 Å². The molecule has 0 N–H and O–H groups in total. The number of rotatable bonds is 2. The number of nitrogens with zero attached hydrogens (tertiary/aromatic N) is 2. The van der Waals surface area contributed by atoms with Crippen LogP contribution < -0.4 is 4.90 Å². The van der Waals surface area contributed by atoms with Crippen LogP contribution in [0.1, 0.15) is 0 Å². The van der Waals surface area contributed by atoms with Crippen molar-refractivity contribution in [3.8, 4) is 0 Å². The molecule has 1 aromatic carbocycles. The van der Waals surface area contributed by atoms with Gasteiger partial charge in [-0.3, -0.25) is 0 Å². The van der Waals surface area contributed by atoms with Crippen molar-refractivity contribution in [2.45, 2.75) is 0 Å². The third-order valence-electron chi connectivity index (χ3n) is 2.38. The van der Waals surface area contributed by atoms with Crippen molar-refractivity contribution in [2.24, 2.45) is 4.99 Å². The van der Waals surface area contributed by atoms with Gasteiger partial charge in [-0.25, -0.2) is 4.99 Å². The minimum Gasteiger partial charge on any atom is -0.378 e. The largest absolute Gasteiger partial charge is 0.378 e. The fraction of sp³-hybridized carbons (Fsp3) is 0.143. The Balaban J connectivity index is 2.19. The highest BCUT2D eigenvalue weighted by atomic mass is 15.1. The number of aliphatic imine (C=N–C) groups is 1. The second-order valence-electron chi connectivity index (χ2n) is 3.86. The molecule has 0 bridgehead atoms. The molecule has 0 saturated heterocycles. The van der Waals surface area contributed by atoms with Crippen molar-refractivity contribution in [1.29, 1.82) is 0 Å². The van der Waals surface area contributed by atoms with Gasteiger partial charge in [-0.1, -0.05) is 12.2 Å². The van der Waals surface area contributed by atoms with E-state index in [1.54, 1.807) is 0 Å². The molecule has 0 spiro atoms. The van der Waals surface area contributed by atoms with Gasteiger partial charge in [0.1, 0.15) is 0 Å². The van der Waals surface area contributed by atoms with Gasteiger partial charge in [0.2, 0.25) is 0 Å². The molecule has 0 amide bonds. The van der Waals surface area contributed by atoms with Gasteiger partial charge in [0.15, 0.2) is 0 Å². The average molecular weight is 211 g/mol. The summed E-state index contributed by atoms with van der Waals surface area (Å²) in [4.78, 5) is 6.60. The van der Waals surface area contributed by atoms with Crippen LogP contribution in [0.5, 0.6) is 0 Å². The van der Waals surface area contributed by atoms with Gasteiger partial charge in [-0.05, 0) is 36.4 Å². The van der Waals surface area contributed by atoms with Crippen LogP contribution in [0.4, 0.5) is 11.4 Å². The van der Waals surface area contributed by atoms with Crippen LogP contribution in [-0.2, 0) is 0 Å². The van der Waals surface area contributed by atoms with E-state index in [2.05, 4.69) is 22.0 Å². The zero-order valence-corrected chi connectivity index (χ0v) is 9.59. The number of hydrogen-bond donors (Lipinski definition) is 0. The van der Waals surface area contributed by atoms with Crippen LogP contribution >= 0.6 is 0 Å². The summed E-state index contributed by atoms with van der Waals surface area (Å²) in [7, 11) is 4.06. The molecular weight excluding hydrogens is 196 g/mol. The van der Waals surface area contributed by atoms with E-state index < -0.39 is 0 Å². The molecule has 1 aliphatic rings. The first-order chi connectivity index (χ1) is 7.75. The summed E-state index contributed by atoms with van der Waals surface area (Å²) in [6.45, 7) is 0. The van der Waals surface area contributed by atoms with E-state index >= 15 is 0 Å². The van der Waals surface area contributed by atoms with Crippen LogP contribution in [-0.4, -0.2) is 19.8 Å². The Morgan fingerprint density at radius 1 is 0.938 bits per heavy atom. The quantitative estimate of drug-likeness (QED) is 0.733. The Hall–Kier alpha value is -1.83. The predicted octanol–water partition coefficient (Wildman–Crippen LogP) is 3.16. The van der Waals surface area contributed by atoms with Gasteiger partial charge in [0.05, 0.1) is 11.4 Å². The standard InChI is InChI=1S/C14H15N2/c1-16(2)14-10-8-13(9-11-14)15-12-6-4-3-5-7-12/h3-11H,1-2H3. The van der Waals surface area contributed by atoms with E-state index in [1.165, 1.54) is 5.69 Å². The minimum absolute atomic E-state index is 0.983. The molecule has 2 nitrogen and oxygen atoms in total. The molecule has 81 valence electrons. The molecule has 0 unspecified atom stereocenters. The minimum atomic E-state index is 0.983. The number of anilines is 1. The normalized spacial score (nSPS) is 14.0. The predicted molar refractivity (Wildman–Crippen MR) is 70.4 cm³/mol. The van der Waals surface area contributed by atoms with Crippen molar-refractivity contribution >= 4 is 17.1 Å². The van der Waals surface area contributed by atoms with Gasteiger partial charge in [-0.2, -0.15) is 0 Å². The fourth-order valence-corrected chi connectivity index (χ4v) is 1.48. The highest BCUT2D eigenvalue weighted by Gasteiger charge is 1.97. The summed E-state index contributed by atoms with van der Waals surface area (Å²) in [5, 5.41) is 0. The molecule has 2 heteroatoms. The first kappa shape index (κ1) is 10.7. The van der Waals surface area contributed by atoms with Crippen molar-refractivity contribution in [2.75, 3.05) is 19.0 Å². The van der Waals surface area contributed by atoms with Crippen molar-refractivity contribution < 1.29 is 0 Å². The highest BCUT2D eigenvalue weighted by molar-refractivity contribution is 6.06. The highest BCUT2D eigenvalue weighted by Crippen LogP contribution is 2.18. The second-order valence-corrected chi connectivity index (χ2v) is 3.86. The summed E-state index contributed by atoms with van der Waals surface area (Å²) >= 11 is 0. The van der Waals surface area contributed by atoms with Crippen LogP contribution in [0.15, 0.2) is 53.6 Å². The Morgan fingerprint density at radius 2 is 1.56 bits per heavy atom. The molecule has 0 atom stereocenters. The van der Waals surface area contributed by atoms with Gasteiger partial charge in [0.25, 0.3) is 0 Å². The molecule has 0 aliphatic heterocycles. The van der Waals surface area contributed by atoms with Crippen molar-refractivity contribution in [1.82, 2.24) is 0 Å². The van der Waals surface area contributed by atoms with E-state index in [4.69, 9.17) is 0 Å². The van der Waals surface area contributed by atoms with Crippen molar-refractivity contribution in [3.05, 3.63) is 55.0 Å². The Bertz CT molecular complexity index is 422. The summed E-state index contributed by atoms with van der Waals surface area (Å²) < 4.78 is 0. The topological polar surface area (TPSA) is 15.6 Å². The Morgan fingerprint density at radius 3 is 2.12 bits per heavy atom. The van der Waals surface area contributed by atoms with Crippen LogP contribution in [0.25, 0.3) is 0 Å². The molecule has 0 heterocycles. The van der Waals surface area contributed by atoms with Gasteiger partial charge in [-0.15, -0.1) is 0 Å². The van der Waals surface area contributed by atoms with Gasteiger partial charge in [0, 0.05) is 26.2 Å². The van der Waals surface area contributed by atoms with Crippen LogP contribution in [0, 0.1) is 6.42 Å². The van der Waals surface area contributed by atoms with Gasteiger partial charge >= 0.3 is 0 Å². The fourth-order valence-electron chi connectivity index (χ4n) is 1.48. The maximum absolute atomic E-state index is 4.52.